The van der Waals surface area contributed by atoms with Crippen LogP contribution in [0.1, 0.15) is 19.3 Å². The number of carbonyl (C=O) groups is 1. The third kappa shape index (κ3) is 2.07. The van der Waals surface area contributed by atoms with Gasteiger partial charge in [-0.3, -0.25) is 9.69 Å². The van der Waals surface area contributed by atoms with Gasteiger partial charge in [0.05, 0.1) is 6.04 Å². The van der Waals surface area contributed by atoms with E-state index in [9.17, 15) is 4.79 Å². The SMILES string of the molecule is NC(=O)C1CCN1CC1CCCNC1. The molecule has 0 saturated carbocycles. The lowest BCUT2D eigenvalue weighted by Gasteiger charge is -2.41. The molecule has 0 aromatic heterocycles. The highest BCUT2D eigenvalue weighted by atomic mass is 16.1. The van der Waals surface area contributed by atoms with Crippen LogP contribution in [0.15, 0.2) is 0 Å². The summed E-state index contributed by atoms with van der Waals surface area (Å²) in [6.45, 7) is 4.34. The Hall–Kier alpha value is -0.610. The van der Waals surface area contributed by atoms with Crippen molar-refractivity contribution in [2.45, 2.75) is 25.3 Å². The molecule has 2 aliphatic heterocycles. The lowest BCUT2D eigenvalue weighted by molar-refractivity contribution is -0.127. The quantitative estimate of drug-likeness (QED) is 0.644. The summed E-state index contributed by atoms with van der Waals surface area (Å²) in [6.07, 6.45) is 3.50. The Labute approximate surface area is 84.8 Å². The van der Waals surface area contributed by atoms with E-state index >= 15 is 0 Å². The highest BCUT2D eigenvalue weighted by Crippen LogP contribution is 2.21. The molecule has 3 N–H and O–H groups in total. The van der Waals surface area contributed by atoms with Crippen LogP contribution in [0.5, 0.6) is 0 Å². The van der Waals surface area contributed by atoms with Gasteiger partial charge in [0.1, 0.15) is 0 Å². The molecule has 2 saturated heterocycles. The second-order valence-corrected chi connectivity index (χ2v) is 4.41. The van der Waals surface area contributed by atoms with Gasteiger partial charge in [0.2, 0.25) is 5.91 Å². The third-order valence-electron chi connectivity index (χ3n) is 3.35. The van der Waals surface area contributed by atoms with Crippen LogP contribution >= 0.6 is 0 Å². The number of nitrogens with one attached hydrogen (secondary N) is 1. The molecule has 2 rings (SSSR count). The summed E-state index contributed by atoms with van der Waals surface area (Å²) in [6, 6.07) is 0.0249. The molecule has 14 heavy (non-hydrogen) atoms. The van der Waals surface area contributed by atoms with E-state index in [2.05, 4.69) is 10.2 Å². The molecule has 4 heteroatoms. The molecule has 2 atom stereocenters. The molecule has 0 radical (unpaired) electrons. The summed E-state index contributed by atoms with van der Waals surface area (Å²) < 4.78 is 0. The van der Waals surface area contributed by atoms with Crippen LogP contribution in [0.25, 0.3) is 0 Å². The van der Waals surface area contributed by atoms with Crippen LogP contribution in [0, 0.1) is 5.92 Å². The lowest BCUT2D eigenvalue weighted by atomic mass is 9.94. The van der Waals surface area contributed by atoms with Crippen molar-refractivity contribution < 1.29 is 4.79 Å². The molecule has 0 spiro atoms. The highest BCUT2D eigenvalue weighted by molar-refractivity contribution is 5.80. The van der Waals surface area contributed by atoms with Gasteiger partial charge in [-0.2, -0.15) is 0 Å². The minimum Gasteiger partial charge on any atom is -0.368 e. The van der Waals surface area contributed by atoms with Crippen molar-refractivity contribution >= 4 is 5.91 Å². The van der Waals surface area contributed by atoms with Crippen molar-refractivity contribution in [3.05, 3.63) is 0 Å². The van der Waals surface area contributed by atoms with Crippen LogP contribution in [0.2, 0.25) is 0 Å². The highest BCUT2D eigenvalue weighted by Gasteiger charge is 2.33. The topological polar surface area (TPSA) is 58.4 Å². The van der Waals surface area contributed by atoms with Gasteiger partial charge in [-0.15, -0.1) is 0 Å². The number of piperidine rings is 1. The van der Waals surface area contributed by atoms with Gasteiger partial charge in [-0.1, -0.05) is 0 Å². The normalized spacial score (nSPS) is 33.7. The van der Waals surface area contributed by atoms with E-state index in [1.807, 2.05) is 0 Å². The van der Waals surface area contributed by atoms with Crippen LogP contribution in [-0.2, 0) is 4.79 Å². The summed E-state index contributed by atoms with van der Waals surface area (Å²) in [5.74, 6) is 0.561. The van der Waals surface area contributed by atoms with E-state index < -0.39 is 0 Å². The van der Waals surface area contributed by atoms with Gasteiger partial charge in [0.25, 0.3) is 0 Å². The zero-order chi connectivity index (χ0) is 9.97. The number of amides is 1. The molecule has 80 valence electrons. The van der Waals surface area contributed by atoms with E-state index in [1.54, 1.807) is 0 Å². The number of hydrogen-bond acceptors (Lipinski definition) is 3. The Balaban J connectivity index is 1.76. The molecule has 2 unspecified atom stereocenters. The van der Waals surface area contributed by atoms with E-state index in [-0.39, 0.29) is 11.9 Å². The van der Waals surface area contributed by atoms with Gasteiger partial charge in [0.15, 0.2) is 0 Å². The fourth-order valence-corrected chi connectivity index (χ4v) is 2.39. The Morgan fingerprint density at radius 2 is 2.36 bits per heavy atom. The molecular formula is C10H19N3O. The van der Waals surface area contributed by atoms with Gasteiger partial charge in [0, 0.05) is 13.1 Å². The first-order valence-electron chi connectivity index (χ1n) is 5.51. The molecule has 0 aromatic rings. The summed E-state index contributed by atoms with van der Waals surface area (Å²) in [5, 5.41) is 3.39. The number of likely N-dealkylation sites (tertiary alicyclic amines) is 1. The zero-order valence-electron chi connectivity index (χ0n) is 8.54. The van der Waals surface area contributed by atoms with Gasteiger partial charge in [-0.05, 0) is 38.3 Å². The van der Waals surface area contributed by atoms with Crippen molar-refractivity contribution in [3.8, 4) is 0 Å². The van der Waals surface area contributed by atoms with Crippen LogP contribution < -0.4 is 11.1 Å². The minimum absolute atomic E-state index is 0.0249. The Morgan fingerprint density at radius 1 is 1.50 bits per heavy atom. The molecule has 2 aliphatic rings. The Bertz CT molecular complexity index is 213. The fraction of sp³-hybridized carbons (Fsp3) is 0.900. The predicted molar refractivity (Wildman–Crippen MR) is 54.8 cm³/mol. The second-order valence-electron chi connectivity index (χ2n) is 4.41. The molecule has 0 aliphatic carbocycles. The summed E-state index contributed by atoms with van der Waals surface area (Å²) in [4.78, 5) is 13.2. The maximum Gasteiger partial charge on any atom is 0.234 e. The van der Waals surface area contributed by atoms with E-state index in [1.165, 1.54) is 12.8 Å². The summed E-state index contributed by atoms with van der Waals surface area (Å²) in [7, 11) is 0. The van der Waals surface area contributed by atoms with Crippen molar-refractivity contribution in [3.63, 3.8) is 0 Å². The number of nitrogens with two attached hydrogens (primary N) is 1. The lowest BCUT2D eigenvalue weighted by Crippen LogP contribution is -2.57. The van der Waals surface area contributed by atoms with Crippen LogP contribution in [0.4, 0.5) is 0 Å². The van der Waals surface area contributed by atoms with Gasteiger partial charge >= 0.3 is 0 Å². The number of nitrogens with zero attached hydrogens (tertiary/aromatic N) is 1. The van der Waals surface area contributed by atoms with Crippen molar-refractivity contribution in [2.24, 2.45) is 11.7 Å². The third-order valence-corrected chi connectivity index (χ3v) is 3.35. The van der Waals surface area contributed by atoms with E-state index in [0.29, 0.717) is 5.92 Å². The molecule has 2 fully saturated rings. The van der Waals surface area contributed by atoms with E-state index in [0.717, 1.165) is 32.6 Å². The largest absolute Gasteiger partial charge is 0.368 e. The summed E-state index contributed by atoms with van der Waals surface area (Å²) in [5.41, 5.74) is 5.30. The van der Waals surface area contributed by atoms with E-state index in [4.69, 9.17) is 5.73 Å². The molecule has 0 bridgehead atoms. The number of hydrogen-bond donors (Lipinski definition) is 2. The Kier molecular flexibility index (Phi) is 3.03. The second kappa shape index (κ2) is 4.28. The Morgan fingerprint density at radius 3 is 2.86 bits per heavy atom. The monoisotopic (exact) mass is 197 g/mol. The molecule has 0 aromatic carbocycles. The molecule has 4 nitrogen and oxygen atoms in total. The first-order chi connectivity index (χ1) is 6.77. The molecular weight excluding hydrogens is 178 g/mol. The number of rotatable bonds is 3. The molecule has 2 heterocycles. The maximum atomic E-state index is 11.0. The molecule has 1 amide bonds. The first kappa shape index (κ1) is 9.93. The predicted octanol–water partition coefficient (Wildman–Crippen LogP) is -0.454. The smallest absolute Gasteiger partial charge is 0.234 e. The fourth-order valence-electron chi connectivity index (χ4n) is 2.39. The van der Waals surface area contributed by atoms with Crippen molar-refractivity contribution in [1.29, 1.82) is 0 Å². The van der Waals surface area contributed by atoms with Crippen molar-refractivity contribution in [1.82, 2.24) is 10.2 Å². The first-order valence-corrected chi connectivity index (χ1v) is 5.51. The average molecular weight is 197 g/mol. The van der Waals surface area contributed by atoms with Crippen LogP contribution in [-0.4, -0.2) is 43.0 Å². The number of carbonyl (C=O) groups excluding carboxylic acids is 1. The maximum absolute atomic E-state index is 11.0. The summed E-state index contributed by atoms with van der Waals surface area (Å²) >= 11 is 0. The van der Waals surface area contributed by atoms with Gasteiger partial charge in [-0.25, -0.2) is 0 Å². The van der Waals surface area contributed by atoms with Gasteiger partial charge < -0.3 is 11.1 Å². The standard InChI is InChI=1S/C10H19N3O/c11-10(14)9-3-5-13(9)7-8-2-1-4-12-6-8/h8-9,12H,1-7H2,(H2,11,14). The van der Waals surface area contributed by atoms with Crippen molar-refractivity contribution in [2.75, 3.05) is 26.2 Å². The zero-order valence-corrected chi connectivity index (χ0v) is 8.54. The minimum atomic E-state index is -0.153. The number of primary amides is 1. The van der Waals surface area contributed by atoms with Crippen LogP contribution in [0.3, 0.4) is 0 Å². The average Bonchev–Trinajstić information content (AvgIpc) is 2.13.